The molecule has 5 nitrogen and oxygen atoms in total. The monoisotopic (exact) mass is 349 g/mol. The van der Waals surface area contributed by atoms with Crippen LogP contribution in [-0.4, -0.2) is 44.4 Å². The summed E-state index contributed by atoms with van der Waals surface area (Å²) < 4.78 is 5.44. The quantitative estimate of drug-likeness (QED) is 0.424. The number of aliphatic hydroxyl groups is 1. The van der Waals surface area contributed by atoms with Gasteiger partial charge in [-0.05, 0) is 50.7 Å². The van der Waals surface area contributed by atoms with E-state index in [1.54, 1.807) is 7.11 Å². The molecule has 1 atom stereocenters. The Balaban J connectivity index is 2.60. The van der Waals surface area contributed by atoms with E-state index in [0.717, 1.165) is 57.0 Å². The minimum absolute atomic E-state index is 0.233. The lowest BCUT2D eigenvalue weighted by Gasteiger charge is -2.16. The molecule has 5 heteroatoms. The maximum atomic E-state index is 9.18. The molecular formula is C20H35N3O2. The van der Waals surface area contributed by atoms with Gasteiger partial charge >= 0.3 is 0 Å². The van der Waals surface area contributed by atoms with Gasteiger partial charge < -0.3 is 20.5 Å². The van der Waals surface area contributed by atoms with Crippen molar-refractivity contribution in [3.05, 3.63) is 29.3 Å². The lowest BCUT2D eigenvalue weighted by Crippen LogP contribution is -2.38. The zero-order chi connectivity index (χ0) is 18.5. The molecule has 0 aromatic heterocycles. The number of benzene rings is 1. The molecule has 3 N–H and O–H groups in total. The van der Waals surface area contributed by atoms with Gasteiger partial charge in [0.05, 0.1) is 7.11 Å². The van der Waals surface area contributed by atoms with Gasteiger partial charge in [-0.2, -0.15) is 0 Å². The SMILES string of the molecule is CCCC(CCO)CN=C(NCC)NCCc1cc(C)ccc1OC. The highest BCUT2D eigenvalue weighted by atomic mass is 16.5. The minimum atomic E-state index is 0.233. The van der Waals surface area contributed by atoms with Crippen LogP contribution in [0.4, 0.5) is 0 Å². The van der Waals surface area contributed by atoms with Crippen molar-refractivity contribution in [1.82, 2.24) is 10.6 Å². The highest BCUT2D eigenvalue weighted by Crippen LogP contribution is 2.19. The average molecular weight is 350 g/mol. The van der Waals surface area contributed by atoms with Gasteiger partial charge in [-0.3, -0.25) is 4.99 Å². The van der Waals surface area contributed by atoms with Crippen molar-refractivity contribution in [2.75, 3.05) is 33.4 Å². The van der Waals surface area contributed by atoms with Crippen LogP contribution in [-0.2, 0) is 6.42 Å². The Labute approximate surface area is 152 Å². The van der Waals surface area contributed by atoms with Crippen LogP contribution in [0.3, 0.4) is 0 Å². The normalized spacial score (nSPS) is 12.8. The Kier molecular flexibility index (Phi) is 10.7. The van der Waals surface area contributed by atoms with Gasteiger partial charge in [0.1, 0.15) is 5.75 Å². The maximum absolute atomic E-state index is 9.18. The Bertz CT molecular complexity index is 512. The van der Waals surface area contributed by atoms with Crippen LogP contribution >= 0.6 is 0 Å². The molecule has 0 aliphatic carbocycles. The Morgan fingerprint density at radius 2 is 2.04 bits per heavy atom. The van der Waals surface area contributed by atoms with E-state index in [1.165, 1.54) is 11.1 Å². The summed E-state index contributed by atoms with van der Waals surface area (Å²) in [5.74, 6) is 2.22. The molecule has 0 aliphatic rings. The first kappa shape index (κ1) is 21.3. The summed E-state index contributed by atoms with van der Waals surface area (Å²) in [5, 5.41) is 15.9. The number of aryl methyl sites for hydroxylation is 1. The van der Waals surface area contributed by atoms with Gasteiger partial charge in [0.25, 0.3) is 0 Å². The average Bonchev–Trinajstić information content (AvgIpc) is 2.60. The summed E-state index contributed by atoms with van der Waals surface area (Å²) in [6.45, 7) is 8.94. The molecule has 1 rings (SSSR count). The number of ether oxygens (including phenoxy) is 1. The number of aliphatic hydroxyl groups excluding tert-OH is 1. The third-order valence-corrected chi connectivity index (χ3v) is 4.21. The molecule has 0 heterocycles. The zero-order valence-corrected chi connectivity index (χ0v) is 16.3. The first-order valence-corrected chi connectivity index (χ1v) is 9.41. The molecule has 1 unspecified atom stereocenters. The van der Waals surface area contributed by atoms with E-state index in [1.807, 2.05) is 6.07 Å². The molecule has 25 heavy (non-hydrogen) atoms. The first-order valence-electron chi connectivity index (χ1n) is 9.41. The summed E-state index contributed by atoms with van der Waals surface area (Å²) >= 11 is 0. The van der Waals surface area contributed by atoms with E-state index in [4.69, 9.17) is 9.73 Å². The molecule has 0 spiro atoms. The molecule has 1 aromatic carbocycles. The van der Waals surface area contributed by atoms with Crippen LogP contribution in [0, 0.1) is 12.8 Å². The van der Waals surface area contributed by atoms with Crippen molar-refractivity contribution >= 4 is 5.96 Å². The number of nitrogens with zero attached hydrogens (tertiary/aromatic N) is 1. The number of nitrogens with one attached hydrogen (secondary N) is 2. The lowest BCUT2D eigenvalue weighted by molar-refractivity contribution is 0.253. The third kappa shape index (κ3) is 8.25. The smallest absolute Gasteiger partial charge is 0.191 e. The molecule has 0 aliphatic heterocycles. The van der Waals surface area contributed by atoms with Gasteiger partial charge in [-0.15, -0.1) is 0 Å². The summed E-state index contributed by atoms with van der Waals surface area (Å²) in [7, 11) is 1.71. The van der Waals surface area contributed by atoms with Crippen molar-refractivity contribution in [2.45, 2.75) is 46.5 Å². The lowest BCUT2D eigenvalue weighted by atomic mass is 10.0. The number of guanidine groups is 1. The highest BCUT2D eigenvalue weighted by Gasteiger charge is 2.08. The van der Waals surface area contributed by atoms with Gasteiger partial charge in [0.2, 0.25) is 0 Å². The van der Waals surface area contributed by atoms with E-state index in [-0.39, 0.29) is 6.61 Å². The minimum Gasteiger partial charge on any atom is -0.496 e. The number of hydrogen-bond acceptors (Lipinski definition) is 3. The van der Waals surface area contributed by atoms with Crippen LogP contribution in [0.5, 0.6) is 5.75 Å². The van der Waals surface area contributed by atoms with E-state index in [9.17, 15) is 5.11 Å². The largest absolute Gasteiger partial charge is 0.496 e. The summed E-state index contributed by atoms with van der Waals surface area (Å²) in [6.07, 6.45) is 3.92. The fourth-order valence-electron chi connectivity index (χ4n) is 2.90. The van der Waals surface area contributed by atoms with Crippen molar-refractivity contribution < 1.29 is 9.84 Å². The molecular weight excluding hydrogens is 314 g/mol. The number of aliphatic imine (C=N–C) groups is 1. The highest BCUT2D eigenvalue weighted by molar-refractivity contribution is 5.79. The van der Waals surface area contributed by atoms with E-state index in [0.29, 0.717) is 5.92 Å². The fourth-order valence-corrected chi connectivity index (χ4v) is 2.90. The molecule has 142 valence electrons. The van der Waals surface area contributed by atoms with E-state index >= 15 is 0 Å². The van der Waals surface area contributed by atoms with E-state index < -0.39 is 0 Å². The predicted molar refractivity (Wildman–Crippen MR) is 106 cm³/mol. The molecule has 1 aromatic rings. The maximum Gasteiger partial charge on any atom is 0.191 e. The zero-order valence-electron chi connectivity index (χ0n) is 16.3. The Morgan fingerprint density at radius 1 is 1.24 bits per heavy atom. The molecule has 0 bridgehead atoms. The van der Waals surface area contributed by atoms with E-state index in [2.05, 4.69) is 43.5 Å². The summed E-state index contributed by atoms with van der Waals surface area (Å²) in [5.41, 5.74) is 2.44. The van der Waals surface area contributed by atoms with Gasteiger partial charge in [-0.1, -0.05) is 31.0 Å². The van der Waals surface area contributed by atoms with Gasteiger partial charge in [-0.25, -0.2) is 0 Å². The predicted octanol–water partition coefficient (Wildman–Crippen LogP) is 2.90. The summed E-state index contributed by atoms with van der Waals surface area (Å²) in [6, 6.07) is 6.26. The van der Waals surface area contributed by atoms with Crippen LogP contribution in [0.25, 0.3) is 0 Å². The summed E-state index contributed by atoms with van der Waals surface area (Å²) in [4.78, 5) is 4.69. The Hall–Kier alpha value is -1.75. The standard InChI is InChI=1S/C20H35N3O2/c1-5-7-17(11-13-24)15-23-20(21-6-2)22-12-10-18-14-16(3)8-9-19(18)25-4/h8-9,14,17,24H,5-7,10-13,15H2,1-4H3,(H2,21,22,23). The molecule has 0 fully saturated rings. The molecule has 0 saturated heterocycles. The van der Waals surface area contributed by atoms with Gasteiger partial charge in [0, 0.05) is 26.2 Å². The number of methoxy groups -OCH3 is 1. The Morgan fingerprint density at radius 3 is 2.68 bits per heavy atom. The second kappa shape index (κ2) is 12.6. The van der Waals surface area contributed by atoms with Crippen molar-refractivity contribution in [1.29, 1.82) is 0 Å². The molecule has 0 amide bonds. The topological polar surface area (TPSA) is 65.9 Å². The van der Waals surface area contributed by atoms with Crippen LogP contribution in [0.15, 0.2) is 23.2 Å². The molecule has 0 saturated carbocycles. The van der Waals surface area contributed by atoms with Crippen molar-refractivity contribution in [3.63, 3.8) is 0 Å². The van der Waals surface area contributed by atoms with Crippen molar-refractivity contribution in [2.24, 2.45) is 10.9 Å². The van der Waals surface area contributed by atoms with Crippen LogP contribution in [0.2, 0.25) is 0 Å². The fraction of sp³-hybridized carbons (Fsp3) is 0.650. The second-order valence-corrected chi connectivity index (χ2v) is 6.38. The third-order valence-electron chi connectivity index (χ3n) is 4.21. The van der Waals surface area contributed by atoms with Crippen LogP contribution < -0.4 is 15.4 Å². The number of rotatable bonds is 11. The number of hydrogen-bond donors (Lipinski definition) is 3. The molecule has 0 radical (unpaired) electrons. The van der Waals surface area contributed by atoms with Gasteiger partial charge in [0.15, 0.2) is 5.96 Å². The first-order chi connectivity index (χ1) is 12.1. The van der Waals surface area contributed by atoms with Crippen molar-refractivity contribution in [3.8, 4) is 5.75 Å². The second-order valence-electron chi connectivity index (χ2n) is 6.38. The van der Waals surface area contributed by atoms with Crippen LogP contribution in [0.1, 0.15) is 44.2 Å².